The minimum Gasteiger partial charge on any atom is -0.321 e. The third-order valence-electron chi connectivity index (χ3n) is 4.96. The Morgan fingerprint density at radius 1 is 1.25 bits per heavy atom. The molecule has 0 aliphatic carbocycles. The van der Waals surface area contributed by atoms with Gasteiger partial charge in [-0.05, 0) is 65.5 Å². The van der Waals surface area contributed by atoms with E-state index in [4.69, 9.17) is 0 Å². The molecule has 0 spiro atoms. The highest BCUT2D eigenvalue weighted by molar-refractivity contribution is 9.10. The van der Waals surface area contributed by atoms with Crippen molar-refractivity contribution in [2.24, 2.45) is 0 Å². The molecule has 150 valence electrons. The van der Waals surface area contributed by atoms with E-state index in [0.717, 1.165) is 37.8 Å². The molecule has 1 amide bonds. The van der Waals surface area contributed by atoms with Crippen molar-refractivity contribution in [3.63, 3.8) is 0 Å². The lowest BCUT2D eigenvalue weighted by Gasteiger charge is -2.34. The van der Waals surface area contributed by atoms with Crippen LogP contribution in [-0.4, -0.2) is 31.2 Å². The molecule has 1 aliphatic rings. The number of rotatable bonds is 5. The number of piperidine rings is 1. The molecule has 0 radical (unpaired) electrons. The number of carbonyl (C=O) groups is 1. The summed E-state index contributed by atoms with van der Waals surface area (Å²) in [6, 6.07) is 10.2. The molecule has 2 aromatic rings. The number of sulfonamides is 1. The zero-order valence-corrected chi connectivity index (χ0v) is 17.9. The number of hydrogen-bond acceptors (Lipinski definition) is 3. The van der Waals surface area contributed by atoms with E-state index in [0.29, 0.717) is 16.7 Å². The monoisotopic (exact) mass is 468 g/mol. The second kappa shape index (κ2) is 8.71. The summed E-state index contributed by atoms with van der Waals surface area (Å²) in [5.41, 5.74) is 0.170. The van der Waals surface area contributed by atoms with E-state index in [1.165, 1.54) is 10.4 Å². The van der Waals surface area contributed by atoms with Crippen molar-refractivity contribution in [1.29, 1.82) is 0 Å². The SMILES string of the molecule is CCC1CCCCN1S(=O)(=O)c1ccc(F)c(C(=O)Nc2ccccc2Br)c1. The Kier molecular flexibility index (Phi) is 6.52. The summed E-state index contributed by atoms with van der Waals surface area (Å²) >= 11 is 3.32. The quantitative estimate of drug-likeness (QED) is 0.685. The van der Waals surface area contributed by atoms with Crippen LogP contribution in [-0.2, 0) is 10.0 Å². The molecule has 5 nitrogen and oxygen atoms in total. The largest absolute Gasteiger partial charge is 0.321 e. The minimum atomic E-state index is -3.80. The highest BCUT2D eigenvalue weighted by Crippen LogP contribution is 2.28. The smallest absolute Gasteiger partial charge is 0.258 e. The van der Waals surface area contributed by atoms with Crippen LogP contribution in [0.4, 0.5) is 10.1 Å². The van der Waals surface area contributed by atoms with Gasteiger partial charge in [0.25, 0.3) is 5.91 Å². The molecule has 1 atom stereocenters. The van der Waals surface area contributed by atoms with Crippen LogP contribution in [0.1, 0.15) is 43.0 Å². The standard InChI is InChI=1S/C20H22BrFN2O3S/c1-2-14-7-5-6-12-24(14)28(26,27)15-10-11-18(22)16(13-15)20(25)23-19-9-4-3-8-17(19)21/h3-4,8-11,13-14H,2,5-7,12H2,1H3,(H,23,25). The van der Waals surface area contributed by atoms with Crippen LogP contribution >= 0.6 is 15.9 Å². The van der Waals surface area contributed by atoms with Crippen LogP contribution < -0.4 is 5.32 Å². The maximum absolute atomic E-state index is 14.3. The fourth-order valence-electron chi connectivity index (χ4n) is 3.42. The lowest BCUT2D eigenvalue weighted by molar-refractivity contribution is 0.102. The normalized spacial score (nSPS) is 18.0. The van der Waals surface area contributed by atoms with Gasteiger partial charge >= 0.3 is 0 Å². The molecule has 0 saturated carbocycles. The molecule has 1 saturated heterocycles. The number of nitrogens with one attached hydrogen (secondary N) is 1. The number of anilines is 1. The minimum absolute atomic E-state index is 0.0634. The molecule has 1 fully saturated rings. The van der Waals surface area contributed by atoms with E-state index in [9.17, 15) is 17.6 Å². The van der Waals surface area contributed by atoms with Crippen molar-refractivity contribution in [2.75, 3.05) is 11.9 Å². The first-order valence-electron chi connectivity index (χ1n) is 9.22. The first-order valence-corrected chi connectivity index (χ1v) is 11.4. The Bertz CT molecular complexity index is 981. The number of hydrogen-bond donors (Lipinski definition) is 1. The van der Waals surface area contributed by atoms with Gasteiger partial charge in [-0.25, -0.2) is 12.8 Å². The third-order valence-corrected chi connectivity index (χ3v) is 7.59. The highest BCUT2D eigenvalue weighted by atomic mass is 79.9. The van der Waals surface area contributed by atoms with Gasteiger partial charge in [-0.15, -0.1) is 0 Å². The van der Waals surface area contributed by atoms with Crippen molar-refractivity contribution in [3.8, 4) is 0 Å². The van der Waals surface area contributed by atoms with Crippen molar-refractivity contribution < 1.29 is 17.6 Å². The van der Waals surface area contributed by atoms with Crippen LogP contribution in [0.3, 0.4) is 0 Å². The molecule has 0 bridgehead atoms. The van der Waals surface area contributed by atoms with Gasteiger partial charge in [0.05, 0.1) is 16.1 Å². The number of amides is 1. The Labute approximate surface area is 173 Å². The molecular formula is C20H22BrFN2O3S. The number of para-hydroxylation sites is 1. The number of nitrogens with zero attached hydrogens (tertiary/aromatic N) is 1. The summed E-state index contributed by atoms with van der Waals surface area (Å²) in [6.45, 7) is 2.40. The molecule has 1 N–H and O–H groups in total. The fraction of sp³-hybridized carbons (Fsp3) is 0.350. The van der Waals surface area contributed by atoms with Gasteiger partial charge in [0.15, 0.2) is 0 Å². The fourth-order valence-corrected chi connectivity index (χ4v) is 5.60. The third kappa shape index (κ3) is 4.29. The van der Waals surface area contributed by atoms with Crippen molar-refractivity contribution in [1.82, 2.24) is 4.31 Å². The molecule has 1 aliphatic heterocycles. The molecule has 28 heavy (non-hydrogen) atoms. The molecule has 3 rings (SSSR count). The van der Waals surface area contributed by atoms with Gasteiger partial charge < -0.3 is 5.32 Å². The Morgan fingerprint density at radius 2 is 2.00 bits per heavy atom. The second-order valence-corrected chi connectivity index (χ2v) is 9.49. The second-order valence-electron chi connectivity index (χ2n) is 6.75. The first kappa shape index (κ1) is 21.0. The van der Waals surface area contributed by atoms with Crippen LogP contribution in [0.25, 0.3) is 0 Å². The highest BCUT2D eigenvalue weighted by Gasteiger charge is 2.33. The zero-order chi connectivity index (χ0) is 20.3. The van der Waals surface area contributed by atoms with Crippen LogP contribution in [0, 0.1) is 5.82 Å². The molecule has 1 unspecified atom stereocenters. The average molecular weight is 469 g/mol. The molecule has 0 aromatic heterocycles. The van der Waals surface area contributed by atoms with Crippen LogP contribution in [0.2, 0.25) is 0 Å². The maximum atomic E-state index is 14.3. The van der Waals surface area contributed by atoms with E-state index in [2.05, 4.69) is 21.2 Å². The summed E-state index contributed by atoms with van der Waals surface area (Å²) in [5, 5.41) is 2.61. The Morgan fingerprint density at radius 3 is 2.71 bits per heavy atom. The Balaban J connectivity index is 1.92. The van der Waals surface area contributed by atoms with Crippen molar-refractivity contribution in [2.45, 2.75) is 43.5 Å². The van der Waals surface area contributed by atoms with Gasteiger partial charge in [-0.1, -0.05) is 25.5 Å². The zero-order valence-electron chi connectivity index (χ0n) is 15.5. The summed E-state index contributed by atoms with van der Waals surface area (Å²) in [7, 11) is -3.80. The average Bonchev–Trinajstić information content (AvgIpc) is 2.69. The lowest BCUT2D eigenvalue weighted by Crippen LogP contribution is -2.43. The van der Waals surface area contributed by atoms with Gasteiger partial charge in [-0.3, -0.25) is 4.79 Å². The molecule has 2 aromatic carbocycles. The van der Waals surface area contributed by atoms with Gasteiger partial charge in [0.1, 0.15) is 5.82 Å². The molecule has 1 heterocycles. The van der Waals surface area contributed by atoms with Gasteiger partial charge in [-0.2, -0.15) is 4.31 Å². The summed E-state index contributed by atoms with van der Waals surface area (Å²) in [4.78, 5) is 12.5. The summed E-state index contributed by atoms with van der Waals surface area (Å²) in [5.74, 6) is -1.47. The Hall–Kier alpha value is -1.77. The van der Waals surface area contributed by atoms with E-state index >= 15 is 0 Å². The van der Waals surface area contributed by atoms with Crippen molar-refractivity contribution >= 4 is 37.5 Å². The topological polar surface area (TPSA) is 66.5 Å². The molecular weight excluding hydrogens is 447 g/mol. The number of benzene rings is 2. The molecule has 8 heteroatoms. The van der Waals surface area contributed by atoms with E-state index in [1.807, 2.05) is 6.92 Å². The van der Waals surface area contributed by atoms with Crippen molar-refractivity contribution in [3.05, 3.63) is 58.3 Å². The van der Waals surface area contributed by atoms with E-state index in [-0.39, 0.29) is 16.5 Å². The summed E-state index contributed by atoms with van der Waals surface area (Å²) < 4.78 is 42.7. The van der Waals surface area contributed by atoms with Gasteiger partial charge in [0, 0.05) is 17.1 Å². The first-order chi connectivity index (χ1) is 13.3. The van der Waals surface area contributed by atoms with Gasteiger partial charge in [0.2, 0.25) is 10.0 Å². The lowest BCUT2D eigenvalue weighted by atomic mass is 10.0. The van der Waals surface area contributed by atoms with Crippen LogP contribution in [0.5, 0.6) is 0 Å². The number of carbonyl (C=O) groups excluding carboxylic acids is 1. The number of halogens is 2. The predicted molar refractivity (Wildman–Crippen MR) is 110 cm³/mol. The predicted octanol–water partition coefficient (Wildman–Crippen LogP) is 4.79. The summed E-state index contributed by atoms with van der Waals surface area (Å²) in [6.07, 6.45) is 3.32. The van der Waals surface area contributed by atoms with E-state index < -0.39 is 21.7 Å². The maximum Gasteiger partial charge on any atom is 0.258 e. The van der Waals surface area contributed by atoms with Crippen LogP contribution in [0.15, 0.2) is 51.8 Å². The van der Waals surface area contributed by atoms with E-state index in [1.54, 1.807) is 24.3 Å².